The number of aromatic nitrogens is 1. The van der Waals surface area contributed by atoms with E-state index in [1.165, 1.54) is 6.08 Å². The van der Waals surface area contributed by atoms with Crippen molar-refractivity contribution in [2.75, 3.05) is 4.90 Å². The van der Waals surface area contributed by atoms with E-state index in [2.05, 4.69) is 21.2 Å². The summed E-state index contributed by atoms with van der Waals surface area (Å²) in [5, 5.41) is 2.68. The first kappa shape index (κ1) is 22.0. The van der Waals surface area contributed by atoms with E-state index in [4.69, 9.17) is 11.6 Å². The highest BCUT2D eigenvalue weighted by atomic mass is 79.9. The van der Waals surface area contributed by atoms with Gasteiger partial charge in [0.25, 0.3) is 11.8 Å². The molecule has 0 unspecified atom stereocenters. The molecular formula is C24H19BrClN3O3. The lowest BCUT2D eigenvalue weighted by atomic mass is 10.1. The van der Waals surface area contributed by atoms with Crippen molar-refractivity contribution in [2.45, 2.75) is 20.8 Å². The summed E-state index contributed by atoms with van der Waals surface area (Å²) in [5.74, 6) is -1.43. The van der Waals surface area contributed by atoms with E-state index < -0.39 is 17.8 Å². The Morgan fingerprint density at radius 1 is 0.969 bits per heavy atom. The highest BCUT2D eigenvalue weighted by Gasteiger charge is 2.37. The summed E-state index contributed by atoms with van der Waals surface area (Å²) in [6, 6.07) is 13.8. The number of amides is 4. The minimum atomic E-state index is -0.804. The van der Waals surface area contributed by atoms with Gasteiger partial charge in [0, 0.05) is 20.9 Å². The number of hydrogen-bond donors (Lipinski definition) is 1. The van der Waals surface area contributed by atoms with Gasteiger partial charge >= 0.3 is 6.03 Å². The number of urea groups is 1. The summed E-state index contributed by atoms with van der Waals surface area (Å²) in [7, 11) is 0. The minimum Gasteiger partial charge on any atom is -0.317 e. The molecule has 1 N–H and O–H groups in total. The molecule has 1 fully saturated rings. The summed E-state index contributed by atoms with van der Waals surface area (Å²) in [5.41, 5.74) is 4.20. The van der Waals surface area contributed by atoms with Crippen molar-refractivity contribution in [3.63, 3.8) is 0 Å². The van der Waals surface area contributed by atoms with Crippen LogP contribution in [0, 0.1) is 20.8 Å². The number of hydrogen-bond acceptors (Lipinski definition) is 3. The van der Waals surface area contributed by atoms with Crippen molar-refractivity contribution in [3.05, 3.63) is 86.1 Å². The van der Waals surface area contributed by atoms with Crippen LogP contribution in [0.5, 0.6) is 0 Å². The van der Waals surface area contributed by atoms with E-state index in [9.17, 15) is 14.4 Å². The van der Waals surface area contributed by atoms with Crippen molar-refractivity contribution in [2.24, 2.45) is 0 Å². The standard InChI is InChI=1S/C24H19BrClN3O3/c1-13-11-16(15(3)28(13)21-9-5-4-7-18(21)25)12-17-22(30)27-24(32)29(23(17)31)20-10-6-8-19(26)14(20)2/h4-12H,1-3H3,(H,27,30,32)/b17-12+. The lowest BCUT2D eigenvalue weighted by molar-refractivity contribution is -0.122. The molecule has 0 atom stereocenters. The number of anilines is 1. The summed E-state index contributed by atoms with van der Waals surface area (Å²) >= 11 is 9.75. The van der Waals surface area contributed by atoms with Crippen molar-refractivity contribution in [1.29, 1.82) is 0 Å². The van der Waals surface area contributed by atoms with Crippen LogP contribution >= 0.6 is 27.5 Å². The number of imide groups is 2. The molecule has 4 rings (SSSR count). The van der Waals surface area contributed by atoms with Crippen molar-refractivity contribution in [1.82, 2.24) is 9.88 Å². The molecule has 3 aromatic rings. The minimum absolute atomic E-state index is 0.128. The molecule has 1 aromatic heterocycles. The van der Waals surface area contributed by atoms with Crippen LogP contribution < -0.4 is 10.2 Å². The van der Waals surface area contributed by atoms with Gasteiger partial charge in [-0.2, -0.15) is 0 Å². The van der Waals surface area contributed by atoms with Crippen molar-refractivity contribution < 1.29 is 14.4 Å². The molecule has 8 heteroatoms. The van der Waals surface area contributed by atoms with Crippen LogP contribution in [0.1, 0.15) is 22.5 Å². The van der Waals surface area contributed by atoms with Crippen LogP contribution in [-0.2, 0) is 9.59 Å². The quantitative estimate of drug-likeness (QED) is 0.373. The van der Waals surface area contributed by atoms with Gasteiger partial charge in [-0.25, -0.2) is 9.69 Å². The highest BCUT2D eigenvalue weighted by molar-refractivity contribution is 9.10. The lowest BCUT2D eigenvalue weighted by Gasteiger charge is -2.27. The number of barbiturate groups is 1. The molecule has 2 heterocycles. The number of carbonyl (C=O) groups is 3. The third-order valence-corrected chi connectivity index (χ3v) is 6.53. The molecule has 0 spiro atoms. The van der Waals surface area contributed by atoms with E-state index in [-0.39, 0.29) is 5.57 Å². The average molecular weight is 513 g/mol. The Morgan fingerprint density at radius 3 is 2.38 bits per heavy atom. The van der Waals surface area contributed by atoms with Crippen LogP contribution in [0.15, 0.2) is 58.6 Å². The molecule has 6 nitrogen and oxygen atoms in total. The second-order valence-corrected chi connectivity index (χ2v) is 8.72. The predicted octanol–water partition coefficient (Wildman–Crippen LogP) is 5.48. The second kappa shape index (κ2) is 8.41. The molecule has 4 amide bonds. The molecule has 1 aliphatic rings. The van der Waals surface area contributed by atoms with Gasteiger partial charge in [0.05, 0.1) is 11.4 Å². The first-order valence-corrected chi connectivity index (χ1v) is 11.0. The molecule has 2 aromatic carbocycles. The third-order valence-electron chi connectivity index (χ3n) is 5.45. The van der Waals surface area contributed by atoms with Gasteiger partial charge in [-0.3, -0.25) is 14.9 Å². The smallest absolute Gasteiger partial charge is 0.317 e. The fourth-order valence-corrected chi connectivity index (χ4v) is 4.44. The fourth-order valence-electron chi connectivity index (χ4n) is 3.81. The fraction of sp³-hybridized carbons (Fsp3) is 0.125. The molecule has 1 saturated heterocycles. The zero-order valence-electron chi connectivity index (χ0n) is 17.6. The molecule has 1 aliphatic heterocycles. The Balaban J connectivity index is 1.81. The zero-order valence-corrected chi connectivity index (χ0v) is 19.9. The molecular weight excluding hydrogens is 494 g/mol. The average Bonchev–Trinajstić information content (AvgIpc) is 3.01. The monoisotopic (exact) mass is 511 g/mol. The first-order chi connectivity index (χ1) is 15.2. The number of carbonyl (C=O) groups excluding carboxylic acids is 3. The van der Waals surface area contributed by atoms with Gasteiger partial charge in [-0.1, -0.05) is 29.8 Å². The Morgan fingerprint density at radius 2 is 1.66 bits per heavy atom. The third kappa shape index (κ3) is 3.67. The largest absolute Gasteiger partial charge is 0.335 e. The number of benzene rings is 2. The van der Waals surface area contributed by atoms with Crippen molar-refractivity contribution >= 4 is 57.1 Å². The number of halogens is 2. The van der Waals surface area contributed by atoms with Gasteiger partial charge < -0.3 is 4.57 Å². The Bertz CT molecular complexity index is 1330. The predicted molar refractivity (Wildman–Crippen MR) is 128 cm³/mol. The summed E-state index contributed by atoms with van der Waals surface area (Å²) in [4.78, 5) is 39.3. The van der Waals surface area contributed by atoms with E-state index >= 15 is 0 Å². The van der Waals surface area contributed by atoms with Crippen molar-refractivity contribution in [3.8, 4) is 5.69 Å². The molecule has 0 radical (unpaired) electrons. The van der Waals surface area contributed by atoms with Crippen LogP contribution in [0.25, 0.3) is 11.8 Å². The number of aryl methyl sites for hydroxylation is 1. The van der Waals surface area contributed by atoms with E-state index in [1.807, 2.05) is 48.7 Å². The second-order valence-electron chi connectivity index (χ2n) is 7.46. The molecule has 0 aliphatic carbocycles. The number of rotatable bonds is 3. The summed E-state index contributed by atoms with van der Waals surface area (Å²) < 4.78 is 2.95. The SMILES string of the molecule is Cc1c(Cl)cccc1N1C(=O)NC(=O)/C(=C\c2cc(C)n(-c3ccccc3Br)c2C)C1=O. The normalized spacial score (nSPS) is 15.5. The first-order valence-electron chi connectivity index (χ1n) is 9.81. The maximum Gasteiger partial charge on any atom is 0.335 e. The Labute approximate surface area is 198 Å². The summed E-state index contributed by atoms with van der Waals surface area (Å²) in [6.45, 7) is 5.57. The van der Waals surface area contributed by atoms with Crippen LogP contribution in [-0.4, -0.2) is 22.4 Å². The number of nitrogens with zero attached hydrogens (tertiary/aromatic N) is 2. The highest BCUT2D eigenvalue weighted by Crippen LogP contribution is 2.31. The number of nitrogens with one attached hydrogen (secondary N) is 1. The summed E-state index contributed by atoms with van der Waals surface area (Å²) in [6.07, 6.45) is 1.52. The van der Waals surface area contributed by atoms with Gasteiger partial charge in [0.15, 0.2) is 0 Å². The van der Waals surface area contributed by atoms with E-state index in [0.29, 0.717) is 21.8 Å². The number of para-hydroxylation sites is 1. The molecule has 0 saturated carbocycles. The molecule has 32 heavy (non-hydrogen) atoms. The topological polar surface area (TPSA) is 71.4 Å². The molecule has 162 valence electrons. The van der Waals surface area contributed by atoms with Crippen LogP contribution in [0.4, 0.5) is 10.5 Å². The lowest BCUT2D eigenvalue weighted by Crippen LogP contribution is -2.54. The van der Waals surface area contributed by atoms with Crippen LogP contribution in [0.2, 0.25) is 5.02 Å². The van der Waals surface area contributed by atoms with Crippen LogP contribution in [0.3, 0.4) is 0 Å². The van der Waals surface area contributed by atoms with Gasteiger partial charge in [0.2, 0.25) is 0 Å². The van der Waals surface area contributed by atoms with Gasteiger partial charge in [-0.05, 0) is 84.2 Å². The molecule has 0 bridgehead atoms. The van der Waals surface area contributed by atoms with E-state index in [0.717, 1.165) is 26.4 Å². The maximum atomic E-state index is 13.3. The zero-order chi connectivity index (χ0) is 23.2. The Kier molecular flexibility index (Phi) is 5.79. The van der Waals surface area contributed by atoms with E-state index in [1.54, 1.807) is 25.1 Å². The van der Waals surface area contributed by atoms with Gasteiger partial charge in [-0.15, -0.1) is 0 Å². The maximum absolute atomic E-state index is 13.3. The Hall–Kier alpha value is -3.16. The van der Waals surface area contributed by atoms with Gasteiger partial charge in [0.1, 0.15) is 5.57 Å².